The smallest absolute Gasteiger partial charge is 0.0628 e. The standard InChI is InChI=1S/C17H31N3/c1-4-10-18-13-16(15-7-5-6-8-15)12-17-9-11-20(19-17)14(2)3/h9,11,14-16,18H,4-8,10,12-13H2,1-3H3. The van der Waals surface area contributed by atoms with Crippen LogP contribution in [-0.2, 0) is 6.42 Å². The Morgan fingerprint density at radius 1 is 1.35 bits per heavy atom. The third-order valence-electron chi connectivity index (χ3n) is 4.56. The molecular weight excluding hydrogens is 246 g/mol. The minimum atomic E-state index is 0.465. The summed E-state index contributed by atoms with van der Waals surface area (Å²) in [7, 11) is 0. The van der Waals surface area contributed by atoms with Crippen LogP contribution in [0, 0.1) is 11.8 Å². The van der Waals surface area contributed by atoms with Crippen molar-refractivity contribution in [2.45, 2.75) is 65.3 Å². The molecule has 0 aromatic carbocycles. The Balaban J connectivity index is 1.94. The monoisotopic (exact) mass is 277 g/mol. The van der Waals surface area contributed by atoms with Crippen LogP contribution < -0.4 is 5.32 Å². The second kappa shape index (κ2) is 7.82. The summed E-state index contributed by atoms with van der Waals surface area (Å²) >= 11 is 0. The predicted octanol–water partition coefficient (Wildman–Crippen LogP) is 3.81. The summed E-state index contributed by atoms with van der Waals surface area (Å²) in [5, 5.41) is 8.37. The van der Waals surface area contributed by atoms with Crippen molar-refractivity contribution in [3.8, 4) is 0 Å². The second-order valence-corrected chi connectivity index (χ2v) is 6.59. The van der Waals surface area contributed by atoms with Crippen molar-refractivity contribution >= 4 is 0 Å². The molecule has 1 aromatic heterocycles. The van der Waals surface area contributed by atoms with Crippen LogP contribution in [0.15, 0.2) is 12.3 Å². The fourth-order valence-corrected chi connectivity index (χ4v) is 3.34. The van der Waals surface area contributed by atoms with Gasteiger partial charge in [0.05, 0.1) is 5.69 Å². The van der Waals surface area contributed by atoms with Crippen LogP contribution in [0.3, 0.4) is 0 Å². The van der Waals surface area contributed by atoms with E-state index in [9.17, 15) is 0 Å². The molecule has 3 heteroatoms. The van der Waals surface area contributed by atoms with Gasteiger partial charge in [-0.15, -0.1) is 0 Å². The van der Waals surface area contributed by atoms with E-state index in [1.54, 1.807) is 0 Å². The molecule has 1 atom stereocenters. The lowest BCUT2D eigenvalue weighted by molar-refractivity contribution is 0.318. The molecule has 1 aromatic rings. The van der Waals surface area contributed by atoms with Gasteiger partial charge in [0.1, 0.15) is 0 Å². The molecule has 1 fully saturated rings. The van der Waals surface area contributed by atoms with E-state index in [0.29, 0.717) is 6.04 Å². The number of aromatic nitrogens is 2. The molecule has 0 aliphatic heterocycles. The van der Waals surface area contributed by atoms with Gasteiger partial charge in [0.25, 0.3) is 0 Å². The van der Waals surface area contributed by atoms with Crippen LogP contribution in [0.25, 0.3) is 0 Å². The van der Waals surface area contributed by atoms with E-state index in [1.165, 1.54) is 37.8 Å². The highest BCUT2D eigenvalue weighted by Crippen LogP contribution is 2.32. The molecule has 1 N–H and O–H groups in total. The van der Waals surface area contributed by atoms with E-state index in [0.717, 1.165) is 31.3 Å². The van der Waals surface area contributed by atoms with E-state index in [4.69, 9.17) is 5.10 Å². The number of rotatable bonds is 8. The van der Waals surface area contributed by atoms with Gasteiger partial charge in [0, 0.05) is 12.2 Å². The van der Waals surface area contributed by atoms with Crippen LogP contribution >= 0.6 is 0 Å². The molecule has 0 radical (unpaired) electrons. The predicted molar refractivity (Wildman–Crippen MR) is 84.9 cm³/mol. The van der Waals surface area contributed by atoms with Gasteiger partial charge < -0.3 is 5.32 Å². The molecule has 1 saturated carbocycles. The van der Waals surface area contributed by atoms with Crippen LogP contribution in [0.4, 0.5) is 0 Å². The first-order valence-corrected chi connectivity index (χ1v) is 8.45. The molecule has 114 valence electrons. The average Bonchev–Trinajstić information content (AvgIpc) is 3.09. The van der Waals surface area contributed by atoms with Gasteiger partial charge in [0.15, 0.2) is 0 Å². The number of hydrogen-bond donors (Lipinski definition) is 1. The maximum atomic E-state index is 4.74. The van der Waals surface area contributed by atoms with E-state index in [2.05, 4.69) is 43.0 Å². The van der Waals surface area contributed by atoms with E-state index >= 15 is 0 Å². The number of nitrogens with one attached hydrogen (secondary N) is 1. The zero-order chi connectivity index (χ0) is 14.4. The van der Waals surface area contributed by atoms with E-state index in [1.807, 2.05) is 0 Å². The van der Waals surface area contributed by atoms with Crippen molar-refractivity contribution in [3.05, 3.63) is 18.0 Å². The van der Waals surface area contributed by atoms with Crippen LogP contribution in [0.2, 0.25) is 0 Å². The summed E-state index contributed by atoms with van der Waals surface area (Å²) in [6, 6.07) is 2.67. The Hall–Kier alpha value is -0.830. The summed E-state index contributed by atoms with van der Waals surface area (Å²) in [4.78, 5) is 0. The molecule has 0 spiro atoms. The molecule has 1 aliphatic carbocycles. The van der Waals surface area contributed by atoms with Gasteiger partial charge in [-0.3, -0.25) is 4.68 Å². The van der Waals surface area contributed by atoms with Gasteiger partial charge in [-0.2, -0.15) is 5.10 Å². The average molecular weight is 277 g/mol. The van der Waals surface area contributed by atoms with Crippen molar-refractivity contribution in [1.29, 1.82) is 0 Å². The van der Waals surface area contributed by atoms with E-state index in [-0.39, 0.29) is 0 Å². The Kier molecular flexibility index (Phi) is 6.08. The van der Waals surface area contributed by atoms with Crippen molar-refractivity contribution < 1.29 is 0 Å². The quantitative estimate of drug-likeness (QED) is 0.732. The van der Waals surface area contributed by atoms with Crippen molar-refractivity contribution in [2.75, 3.05) is 13.1 Å². The van der Waals surface area contributed by atoms with Crippen molar-refractivity contribution in [1.82, 2.24) is 15.1 Å². The molecule has 0 bridgehead atoms. The lowest BCUT2D eigenvalue weighted by atomic mass is 9.87. The fourth-order valence-electron chi connectivity index (χ4n) is 3.34. The highest BCUT2D eigenvalue weighted by molar-refractivity contribution is 5.02. The molecule has 0 amide bonds. The normalized spacial score (nSPS) is 18.0. The third kappa shape index (κ3) is 4.34. The maximum Gasteiger partial charge on any atom is 0.0628 e. The minimum absolute atomic E-state index is 0.465. The zero-order valence-corrected chi connectivity index (χ0v) is 13.4. The van der Waals surface area contributed by atoms with Gasteiger partial charge in [0.2, 0.25) is 0 Å². The first-order chi connectivity index (χ1) is 9.70. The van der Waals surface area contributed by atoms with Crippen LogP contribution in [-0.4, -0.2) is 22.9 Å². The number of nitrogens with zero attached hydrogens (tertiary/aromatic N) is 2. The fraction of sp³-hybridized carbons (Fsp3) is 0.824. The van der Waals surface area contributed by atoms with Gasteiger partial charge >= 0.3 is 0 Å². The topological polar surface area (TPSA) is 29.9 Å². The number of hydrogen-bond acceptors (Lipinski definition) is 2. The molecule has 1 aliphatic rings. The Morgan fingerprint density at radius 3 is 2.70 bits per heavy atom. The molecule has 0 saturated heterocycles. The third-order valence-corrected chi connectivity index (χ3v) is 4.56. The van der Waals surface area contributed by atoms with Crippen LogP contribution in [0.1, 0.15) is 64.6 Å². The van der Waals surface area contributed by atoms with Crippen molar-refractivity contribution in [3.63, 3.8) is 0 Å². The minimum Gasteiger partial charge on any atom is -0.316 e. The molecular formula is C17H31N3. The summed E-state index contributed by atoms with van der Waals surface area (Å²) in [6.45, 7) is 8.92. The molecule has 3 nitrogen and oxygen atoms in total. The lowest BCUT2D eigenvalue weighted by Crippen LogP contribution is -2.29. The van der Waals surface area contributed by atoms with Crippen LogP contribution in [0.5, 0.6) is 0 Å². The summed E-state index contributed by atoms with van der Waals surface area (Å²) in [5.74, 6) is 1.67. The SMILES string of the molecule is CCCNCC(Cc1ccn(C(C)C)n1)C1CCCC1. The van der Waals surface area contributed by atoms with Gasteiger partial charge in [-0.25, -0.2) is 0 Å². The summed E-state index contributed by atoms with van der Waals surface area (Å²) in [5.41, 5.74) is 1.27. The molecule has 20 heavy (non-hydrogen) atoms. The van der Waals surface area contributed by atoms with E-state index < -0.39 is 0 Å². The highest BCUT2D eigenvalue weighted by Gasteiger charge is 2.25. The van der Waals surface area contributed by atoms with Crippen molar-refractivity contribution in [2.24, 2.45) is 11.8 Å². The summed E-state index contributed by atoms with van der Waals surface area (Å²) in [6.07, 6.45) is 10.2. The molecule has 2 rings (SSSR count). The second-order valence-electron chi connectivity index (χ2n) is 6.59. The first kappa shape index (κ1) is 15.6. The maximum absolute atomic E-state index is 4.74. The molecule has 1 heterocycles. The van der Waals surface area contributed by atoms with Gasteiger partial charge in [-0.1, -0.05) is 32.6 Å². The first-order valence-electron chi connectivity index (χ1n) is 8.45. The molecule has 1 unspecified atom stereocenters. The zero-order valence-electron chi connectivity index (χ0n) is 13.4. The van der Waals surface area contributed by atoms with Gasteiger partial charge in [-0.05, 0) is 57.7 Å². The summed E-state index contributed by atoms with van der Waals surface area (Å²) < 4.78 is 2.08. The lowest BCUT2D eigenvalue weighted by Gasteiger charge is -2.23. The Bertz CT molecular complexity index is 377. The highest BCUT2D eigenvalue weighted by atomic mass is 15.3. The largest absolute Gasteiger partial charge is 0.316 e. The Labute approximate surface area is 124 Å². The Morgan fingerprint density at radius 2 is 2.10 bits per heavy atom.